The van der Waals surface area contributed by atoms with Crippen LogP contribution >= 0.6 is 0 Å². The molecule has 4 heterocycles. The molecule has 11 nitrogen and oxygen atoms in total. The maximum absolute atomic E-state index is 10.6. The number of alkyl halides is 9. The van der Waals surface area contributed by atoms with E-state index < -0.39 is 36.4 Å². The Hall–Kier alpha value is -4.23. The molecule has 0 radical (unpaired) electrons. The molecule has 240 valence electrons. The second-order valence-corrected chi connectivity index (χ2v) is 9.15. The van der Waals surface area contributed by atoms with Gasteiger partial charge in [-0.3, -0.25) is 9.88 Å². The van der Waals surface area contributed by atoms with Gasteiger partial charge in [0.05, 0.1) is 0 Å². The Morgan fingerprint density at radius 2 is 1.26 bits per heavy atom. The Morgan fingerprint density at radius 1 is 0.814 bits per heavy atom. The summed E-state index contributed by atoms with van der Waals surface area (Å²) in [6.45, 7) is 7.55. The van der Waals surface area contributed by atoms with Crippen molar-refractivity contribution in [2.45, 2.75) is 38.4 Å². The summed E-state index contributed by atoms with van der Waals surface area (Å²) in [5.41, 5.74) is 2.86. The van der Waals surface area contributed by atoms with E-state index in [0.29, 0.717) is 5.41 Å². The van der Waals surface area contributed by atoms with Crippen molar-refractivity contribution in [3.8, 4) is 0 Å². The van der Waals surface area contributed by atoms with E-state index in [1.165, 1.54) is 25.1 Å². The van der Waals surface area contributed by atoms with Crippen molar-refractivity contribution in [3.05, 3.63) is 48.0 Å². The molecular weight excluding hydrogens is 613 g/mol. The summed E-state index contributed by atoms with van der Waals surface area (Å²) in [5, 5.41) is 21.4. The molecule has 2 aromatic heterocycles. The number of carboxylic acid groups (broad SMARTS) is 3. The van der Waals surface area contributed by atoms with Crippen LogP contribution in [0.1, 0.15) is 17.5 Å². The monoisotopic (exact) mass is 637 g/mol. The second kappa shape index (κ2) is 14.8. The lowest BCUT2D eigenvalue weighted by atomic mass is 9.79. The fraction of sp³-hybridized carbons (Fsp3) is 0.478. The quantitative estimate of drug-likeness (QED) is 0.421. The molecule has 43 heavy (non-hydrogen) atoms. The van der Waals surface area contributed by atoms with Crippen molar-refractivity contribution in [3.63, 3.8) is 0 Å². The largest absolute Gasteiger partial charge is 0.490 e. The lowest BCUT2D eigenvalue weighted by Crippen LogP contribution is -2.58. The van der Waals surface area contributed by atoms with Crippen LogP contribution in [0.2, 0.25) is 0 Å². The van der Waals surface area contributed by atoms with Gasteiger partial charge in [0.25, 0.3) is 0 Å². The van der Waals surface area contributed by atoms with Crippen LogP contribution in [0.3, 0.4) is 0 Å². The molecule has 2 saturated heterocycles. The van der Waals surface area contributed by atoms with Crippen LogP contribution in [0.15, 0.2) is 36.9 Å². The minimum absolute atomic E-state index is 0.441. The lowest BCUT2D eigenvalue weighted by molar-refractivity contribution is -0.193. The number of pyridine rings is 1. The minimum Gasteiger partial charge on any atom is -0.475 e. The summed E-state index contributed by atoms with van der Waals surface area (Å²) in [5.74, 6) is -7.39. The fourth-order valence-electron chi connectivity index (χ4n) is 3.62. The predicted molar refractivity (Wildman–Crippen MR) is 127 cm³/mol. The number of hydrogen-bond acceptors (Lipinski definition) is 8. The number of aryl methyl sites for hydroxylation is 1. The highest BCUT2D eigenvalue weighted by Crippen LogP contribution is 2.41. The van der Waals surface area contributed by atoms with Crippen molar-refractivity contribution in [2.24, 2.45) is 5.41 Å². The smallest absolute Gasteiger partial charge is 0.475 e. The normalized spacial score (nSPS) is 15.9. The van der Waals surface area contributed by atoms with E-state index in [1.807, 2.05) is 37.8 Å². The van der Waals surface area contributed by atoms with Gasteiger partial charge in [-0.2, -0.15) is 39.5 Å². The first-order valence-electron chi connectivity index (χ1n) is 11.6. The topological polar surface area (TPSA) is 157 Å². The first-order chi connectivity index (χ1) is 19.6. The average molecular weight is 637 g/mol. The van der Waals surface area contributed by atoms with Crippen LogP contribution in [-0.2, 0) is 20.9 Å². The molecule has 2 aliphatic heterocycles. The Labute approximate surface area is 236 Å². The Morgan fingerprint density at radius 3 is 1.63 bits per heavy atom. The van der Waals surface area contributed by atoms with Crippen LogP contribution in [0.5, 0.6) is 0 Å². The molecule has 20 heteroatoms. The minimum atomic E-state index is -5.08. The predicted octanol–water partition coefficient (Wildman–Crippen LogP) is 3.79. The third-order valence-electron chi connectivity index (χ3n) is 5.48. The molecule has 2 aliphatic rings. The zero-order valence-electron chi connectivity index (χ0n) is 21.9. The second-order valence-electron chi connectivity index (χ2n) is 9.15. The van der Waals surface area contributed by atoms with Gasteiger partial charge in [-0.15, -0.1) is 0 Å². The van der Waals surface area contributed by atoms with Gasteiger partial charge in [0, 0.05) is 56.4 Å². The average Bonchev–Trinajstić information content (AvgIpc) is 3.28. The summed E-state index contributed by atoms with van der Waals surface area (Å²) in [4.78, 5) is 44.6. The number of carbonyl (C=O) groups is 3. The zero-order chi connectivity index (χ0) is 33.2. The third kappa shape index (κ3) is 13.1. The molecule has 0 aliphatic carbocycles. The molecule has 0 amide bonds. The van der Waals surface area contributed by atoms with E-state index in [1.54, 1.807) is 0 Å². The molecule has 0 aromatic carbocycles. The molecule has 0 atom stereocenters. The van der Waals surface area contributed by atoms with Crippen LogP contribution in [0.4, 0.5) is 45.5 Å². The van der Waals surface area contributed by atoms with Gasteiger partial charge in [-0.05, 0) is 37.1 Å². The fourth-order valence-corrected chi connectivity index (χ4v) is 3.62. The number of anilines is 1. The van der Waals surface area contributed by atoms with Crippen molar-refractivity contribution < 1.29 is 69.2 Å². The van der Waals surface area contributed by atoms with E-state index in [9.17, 15) is 39.5 Å². The molecule has 1 spiro atoms. The van der Waals surface area contributed by atoms with Gasteiger partial charge < -0.3 is 20.2 Å². The molecule has 2 fully saturated rings. The first-order valence-corrected chi connectivity index (χ1v) is 11.6. The molecule has 0 unspecified atom stereocenters. The molecule has 2 aromatic rings. The van der Waals surface area contributed by atoms with Crippen LogP contribution < -0.4 is 4.90 Å². The summed E-state index contributed by atoms with van der Waals surface area (Å²) in [6.07, 6.45) is -6.37. The SMILES string of the molecule is Cc1cnc(N2CC3(CCN(Cc4cccnc4)C3)C2)nc1.O=C(O)C(F)(F)F.O=C(O)C(F)(F)F.O=C(O)C(F)(F)F. The highest BCUT2D eigenvalue weighted by molar-refractivity contribution is 5.73. The van der Waals surface area contributed by atoms with Gasteiger partial charge in [0.2, 0.25) is 5.95 Å². The van der Waals surface area contributed by atoms with Crippen molar-refractivity contribution in [1.82, 2.24) is 19.9 Å². The van der Waals surface area contributed by atoms with Crippen LogP contribution in [-0.4, -0.2) is 97.8 Å². The van der Waals surface area contributed by atoms with Crippen molar-refractivity contribution >= 4 is 23.9 Å². The summed E-state index contributed by atoms with van der Waals surface area (Å²) >= 11 is 0. The zero-order valence-corrected chi connectivity index (χ0v) is 21.9. The number of halogens is 9. The van der Waals surface area contributed by atoms with Gasteiger partial charge in [0.15, 0.2) is 0 Å². The van der Waals surface area contributed by atoms with Crippen LogP contribution in [0, 0.1) is 12.3 Å². The molecular formula is C23H24F9N5O6. The number of nitrogens with zero attached hydrogens (tertiary/aromatic N) is 5. The van der Waals surface area contributed by atoms with Gasteiger partial charge in [0.1, 0.15) is 0 Å². The standard InChI is InChI=1S/C17H21N5.3C2HF3O2/c1-14-7-19-16(20-8-14)22-12-17(13-22)4-6-21(11-17)10-15-3-2-5-18-9-15;3*3-2(4,5)1(6)7/h2-3,5,7-9H,4,6,10-13H2,1H3;3*(H,6,7). The number of rotatable bonds is 3. The van der Waals surface area contributed by atoms with E-state index >= 15 is 0 Å². The Kier molecular flexibility index (Phi) is 12.7. The highest BCUT2D eigenvalue weighted by atomic mass is 19.4. The van der Waals surface area contributed by atoms with Crippen molar-refractivity contribution in [1.29, 1.82) is 0 Å². The molecule has 3 N–H and O–H groups in total. The lowest BCUT2D eigenvalue weighted by Gasteiger charge is -2.48. The summed E-state index contributed by atoms with van der Waals surface area (Å²) in [6, 6.07) is 4.17. The van der Waals surface area contributed by atoms with E-state index in [-0.39, 0.29) is 0 Å². The van der Waals surface area contributed by atoms with Crippen molar-refractivity contribution in [2.75, 3.05) is 31.1 Å². The third-order valence-corrected chi connectivity index (χ3v) is 5.48. The molecule has 4 rings (SSSR count). The summed E-state index contributed by atoms with van der Waals surface area (Å²) in [7, 11) is 0. The first kappa shape index (κ1) is 36.8. The van der Waals surface area contributed by atoms with Gasteiger partial charge >= 0.3 is 36.4 Å². The van der Waals surface area contributed by atoms with E-state index in [2.05, 4.69) is 30.8 Å². The summed E-state index contributed by atoms with van der Waals surface area (Å²) < 4.78 is 95.2. The molecule has 0 bridgehead atoms. The Balaban J connectivity index is 0.000000363. The Bertz CT molecular complexity index is 1150. The van der Waals surface area contributed by atoms with Crippen LogP contribution in [0.25, 0.3) is 0 Å². The molecule has 0 saturated carbocycles. The number of aromatic nitrogens is 3. The number of carboxylic acids is 3. The maximum atomic E-state index is 10.6. The van der Waals surface area contributed by atoms with Gasteiger partial charge in [-0.1, -0.05) is 6.07 Å². The highest BCUT2D eigenvalue weighted by Gasteiger charge is 2.48. The van der Waals surface area contributed by atoms with E-state index in [4.69, 9.17) is 29.7 Å². The van der Waals surface area contributed by atoms with Gasteiger partial charge in [-0.25, -0.2) is 24.4 Å². The maximum Gasteiger partial charge on any atom is 0.490 e. The number of hydrogen-bond donors (Lipinski definition) is 3. The van der Waals surface area contributed by atoms with E-state index in [0.717, 1.165) is 31.1 Å². The number of aliphatic carboxylic acids is 3. The number of likely N-dealkylation sites (tertiary alicyclic amines) is 1.